The van der Waals surface area contributed by atoms with Gasteiger partial charge in [0, 0.05) is 21.1 Å². The van der Waals surface area contributed by atoms with Crippen LogP contribution in [-0.2, 0) is 11.3 Å². The van der Waals surface area contributed by atoms with Crippen molar-refractivity contribution in [2.45, 2.75) is 6.54 Å². The highest BCUT2D eigenvalue weighted by atomic mass is 79.9. The Bertz CT molecular complexity index is 590. The van der Waals surface area contributed by atoms with Crippen LogP contribution in [0.1, 0.15) is 10.4 Å². The number of hydrogen-bond donors (Lipinski definition) is 2. The van der Waals surface area contributed by atoms with Crippen LogP contribution in [0.2, 0.25) is 0 Å². The number of anilines is 1. The van der Waals surface area contributed by atoms with E-state index in [4.69, 9.17) is 5.73 Å². The number of amides is 1. The maximum atomic E-state index is 11.7. The van der Waals surface area contributed by atoms with E-state index in [1.165, 1.54) is 6.08 Å². The molecule has 2 aromatic rings. The summed E-state index contributed by atoms with van der Waals surface area (Å²) < 4.78 is 1.03. The highest BCUT2D eigenvalue weighted by molar-refractivity contribution is 9.10. The van der Waals surface area contributed by atoms with Gasteiger partial charge < -0.3 is 11.1 Å². The molecule has 0 atom stereocenters. The van der Waals surface area contributed by atoms with Gasteiger partial charge in [0.1, 0.15) is 0 Å². The monoisotopic (exact) mass is 336 g/mol. The molecule has 19 heavy (non-hydrogen) atoms. The summed E-state index contributed by atoms with van der Waals surface area (Å²) in [4.78, 5) is 12.8. The van der Waals surface area contributed by atoms with Crippen LogP contribution in [0.3, 0.4) is 0 Å². The molecule has 98 valence electrons. The third kappa shape index (κ3) is 4.22. The second-order valence-electron chi connectivity index (χ2n) is 3.91. The molecule has 3 nitrogen and oxygen atoms in total. The maximum Gasteiger partial charge on any atom is 0.244 e. The molecule has 0 aliphatic rings. The van der Waals surface area contributed by atoms with Gasteiger partial charge in [0.05, 0.1) is 6.54 Å². The molecule has 0 saturated carbocycles. The highest BCUT2D eigenvalue weighted by Crippen LogP contribution is 2.22. The second-order valence-corrected chi connectivity index (χ2v) is 5.76. The lowest BCUT2D eigenvalue weighted by Crippen LogP contribution is -2.19. The van der Waals surface area contributed by atoms with Crippen LogP contribution in [0.5, 0.6) is 0 Å². The van der Waals surface area contributed by atoms with Crippen LogP contribution in [0.4, 0.5) is 5.69 Å². The Labute approximate surface area is 124 Å². The van der Waals surface area contributed by atoms with Crippen molar-refractivity contribution in [3.8, 4) is 0 Å². The first kappa shape index (κ1) is 13.8. The van der Waals surface area contributed by atoms with Crippen molar-refractivity contribution >= 4 is 44.9 Å². The summed E-state index contributed by atoms with van der Waals surface area (Å²) in [7, 11) is 0. The lowest BCUT2D eigenvalue weighted by atomic mass is 10.2. The molecule has 0 aliphatic heterocycles. The topological polar surface area (TPSA) is 55.1 Å². The zero-order valence-corrected chi connectivity index (χ0v) is 12.5. The van der Waals surface area contributed by atoms with Gasteiger partial charge in [0.2, 0.25) is 5.91 Å². The van der Waals surface area contributed by atoms with Crippen molar-refractivity contribution in [3.05, 3.63) is 56.7 Å². The fourth-order valence-corrected chi connectivity index (χ4v) is 2.89. The molecule has 3 N–H and O–H groups in total. The van der Waals surface area contributed by atoms with Gasteiger partial charge in [-0.25, -0.2) is 0 Å². The predicted octanol–water partition coefficient (Wildman–Crippen LogP) is 3.42. The van der Waals surface area contributed by atoms with Crippen molar-refractivity contribution < 1.29 is 4.79 Å². The molecular formula is C14H13BrN2OS. The van der Waals surface area contributed by atoms with E-state index in [2.05, 4.69) is 21.2 Å². The smallest absolute Gasteiger partial charge is 0.244 e. The van der Waals surface area contributed by atoms with Crippen molar-refractivity contribution in [2.75, 3.05) is 5.73 Å². The Morgan fingerprint density at radius 2 is 2.05 bits per heavy atom. The number of halogens is 1. The van der Waals surface area contributed by atoms with Crippen LogP contribution in [-0.4, -0.2) is 5.91 Å². The second kappa shape index (κ2) is 6.54. The van der Waals surface area contributed by atoms with Crippen molar-refractivity contribution in [3.63, 3.8) is 0 Å². The number of rotatable bonds is 4. The van der Waals surface area contributed by atoms with Gasteiger partial charge in [-0.2, -0.15) is 0 Å². The SMILES string of the molecule is Nc1ccc(/C=C/C(=O)NCc2sccc2Br)cc1. The van der Waals surface area contributed by atoms with Crippen LogP contribution >= 0.6 is 27.3 Å². The fraction of sp³-hybridized carbons (Fsp3) is 0.0714. The molecule has 0 aliphatic carbocycles. The molecule has 0 unspecified atom stereocenters. The quantitative estimate of drug-likeness (QED) is 0.663. The fourth-order valence-electron chi connectivity index (χ4n) is 1.46. The molecule has 0 saturated heterocycles. The summed E-state index contributed by atoms with van der Waals surface area (Å²) in [5.74, 6) is -0.114. The van der Waals surface area contributed by atoms with E-state index >= 15 is 0 Å². The van der Waals surface area contributed by atoms with Crippen LogP contribution in [0.15, 0.2) is 46.3 Å². The normalized spacial score (nSPS) is 10.8. The lowest BCUT2D eigenvalue weighted by molar-refractivity contribution is -0.116. The molecule has 1 aromatic carbocycles. The average Bonchev–Trinajstić information content (AvgIpc) is 2.81. The van der Waals surface area contributed by atoms with Gasteiger partial charge in [-0.1, -0.05) is 12.1 Å². The first-order valence-electron chi connectivity index (χ1n) is 5.68. The van der Waals surface area contributed by atoms with E-state index < -0.39 is 0 Å². The standard InChI is InChI=1S/C14H13BrN2OS/c15-12-7-8-19-13(12)9-17-14(18)6-3-10-1-4-11(16)5-2-10/h1-8H,9,16H2,(H,17,18)/b6-3+. The Balaban J connectivity index is 1.87. The van der Waals surface area contributed by atoms with E-state index in [0.29, 0.717) is 12.2 Å². The molecule has 0 spiro atoms. The van der Waals surface area contributed by atoms with E-state index in [1.807, 2.05) is 23.6 Å². The lowest BCUT2D eigenvalue weighted by Gasteiger charge is -2.00. The van der Waals surface area contributed by atoms with E-state index in [-0.39, 0.29) is 5.91 Å². The summed E-state index contributed by atoms with van der Waals surface area (Å²) in [6.07, 6.45) is 3.28. The Morgan fingerprint density at radius 3 is 2.68 bits per heavy atom. The van der Waals surface area contributed by atoms with Gasteiger partial charge in [0.25, 0.3) is 0 Å². The van der Waals surface area contributed by atoms with Crippen LogP contribution in [0.25, 0.3) is 6.08 Å². The molecule has 0 radical (unpaired) electrons. The van der Waals surface area contributed by atoms with Gasteiger partial charge >= 0.3 is 0 Å². The predicted molar refractivity (Wildman–Crippen MR) is 83.8 cm³/mol. The first-order valence-corrected chi connectivity index (χ1v) is 7.36. The maximum absolute atomic E-state index is 11.7. The molecule has 1 heterocycles. The van der Waals surface area contributed by atoms with E-state index in [1.54, 1.807) is 29.5 Å². The zero-order valence-electron chi connectivity index (χ0n) is 10.1. The first-order chi connectivity index (χ1) is 9.15. The summed E-state index contributed by atoms with van der Waals surface area (Å²) >= 11 is 5.04. The Kier molecular flexibility index (Phi) is 4.76. The molecule has 1 aromatic heterocycles. The summed E-state index contributed by atoms with van der Waals surface area (Å²) in [5, 5.41) is 4.82. The number of thiophene rings is 1. The Morgan fingerprint density at radius 1 is 1.32 bits per heavy atom. The van der Waals surface area contributed by atoms with E-state index in [0.717, 1.165) is 14.9 Å². The van der Waals surface area contributed by atoms with Gasteiger partial charge in [-0.15, -0.1) is 11.3 Å². The minimum Gasteiger partial charge on any atom is -0.399 e. The number of carbonyl (C=O) groups is 1. The molecular weight excluding hydrogens is 324 g/mol. The van der Waals surface area contributed by atoms with Crippen LogP contribution < -0.4 is 11.1 Å². The molecule has 1 amide bonds. The summed E-state index contributed by atoms with van der Waals surface area (Å²) in [5.41, 5.74) is 7.25. The Hall–Kier alpha value is -1.59. The number of hydrogen-bond acceptors (Lipinski definition) is 3. The van der Waals surface area contributed by atoms with Gasteiger partial charge in [-0.05, 0) is 51.1 Å². The van der Waals surface area contributed by atoms with Crippen molar-refractivity contribution in [1.29, 1.82) is 0 Å². The molecule has 5 heteroatoms. The number of benzene rings is 1. The molecule has 2 rings (SSSR count). The number of nitrogen functional groups attached to an aromatic ring is 1. The highest BCUT2D eigenvalue weighted by Gasteiger charge is 2.02. The van der Waals surface area contributed by atoms with Crippen molar-refractivity contribution in [1.82, 2.24) is 5.32 Å². The van der Waals surface area contributed by atoms with Crippen LogP contribution in [0, 0.1) is 0 Å². The average molecular weight is 337 g/mol. The van der Waals surface area contributed by atoms with Gasteiger partial charge in [-0.3, -0.25) is 4.79 Å². The third-order valence-electron chi connectivity index (χ3n) is 2.48. The van der Waals surface area contributed by atoms with E-state index in [9.17, 15) is 4.79 Å². The number of nitrogens with two attached hydrogens (primary N) is 1. The minimum absolute atomic E-state index is 0.114. The summed E-state index contributed by atoms with van der Waals surface area (Å²) in [6, 6.07) is 9.32. The third-order valence-corrected chi connectivity index (χ3v) is 4.40. The molecule has 0 fully saturated rings. The van der Waals surface area contributed by atoms with Gasteiger partial charge in [0.15, 0.2) is 0 Å². The minimum atomic E-state index is -0.114. The summed E-state index contributed by atoms with van der Waals surface area (Å²) in [6.45, 7) is 0.531. The van der Waals surface area contributed by atoms with Crippen molar-refractivity contribution in [2.24, 2.45) is 0 Å². The number of carbonyl (C=O) groups excluding carboxylic acids is 1. The molecule has 0 bridgehead atoms. The number of nitrogens with one attached hydrogen (secondary N) is 1. The zero-order chi connectivity index (χ0) is 13.7. The largest absolute Gasteiger partial charge is 0.399 e.